The largest absolute Gasteiger partial charge is 0.446 e. The molecule has 1 aromatic heterocycles. The molecule has 0 saturated carbocycles. The van der Waals surface area contributed by atoms with Crippen molar-refractivity contribution in [1.82, 2.24) is 4.98 Å². The maximum Gasteiger partial charge on any atom is 0.446 e. The third kappa shape index (κ3) is 4.33. The molecule has 0 fully saturated rings. The Bertz CT molecular complexity index is 1070. The number of Topliss-reactive ketones (excluding diaryl/α,β-unsaturated/α-hetero) is 1. The highest BCUT2D eigenvalue weighted by Crippen LogP contribution is 2.48. The Morgan fingerprint density at radius 3 is 2.37 bits per heavy atom. The summed E-state index contributed by atoms with van der Waals surface area (Å²) in [7, 11) is 0. The van der Waals surface area contributed by atoms with Gasteiger partial charge in [-0.05, 0) is 30.0 Å². The number of carbonyl (C=O) groups excluding carboxylic acids is 1. The van der Waals surface area contributed by atoms with Gasteiger partial charge in [0.2, 0.25) is 11.7 Å². The standard InChI is InChI=1S/C17H6F8N2O2S/c18-15(19)5-9-10(1-2-11(13(9)14(15)28)30-17(23,24)25)29-12-4-7(16(20,21)22)3-8(6-26)27-12/h1-4H,5H2. The van der Waals surface area contributed by atoms with E-state index in [1.54, 1.807) is 0 Å². The number of carbonyl (C=O) groups is 1. The van der Waals surface area contributed by atoms with Gasteiger partial charge in [-0.1, -0.05) is 0 Å². The minimum absolute atomic E-state index is 0.389. The number of pyridine rings is 1. The molecule has 158 valence electrons. The molecule has 0 spiro atoms. The molecule has 1 heterocycles. The molecular formula is C17H6F8N2O2S. The normalized spacial score (nSPS) is 15.6. The number of ketones is 1. The number of hydrogen-bond donors (Lipinski definition) is 0. The molecule has 0 aliphatic heterocycles. The average Bonchev–Trinajstić information content (AvgIpc) is 2.85. The molecule has 0 unspecified atom stereocenters. The molecule has 0 N–H and O–H groups in total. The van der Waals surface area contributed by atoms with Gasteiger partial charge in [0.1, 0.15) is 17.5 Å². The molecule has 0 saturated heterocycles. The van der Waals surface area contributed by atoms with E-state index in [1.165, 1.54) is 6.07 Å². The number of rotatable bonds is 3. The summed E-state index contributed by atoms with van der Waals surface area (Å²) in [5.74, 6) is -7.24. The number of hydrogen-bond acceptors (Lipinski definition) is 5. The van der Waals surface area contributed by atoms with Crippen LogP contribution in [0.3, 0.4) is 0 Å². The van der Waals surface area contributed by atoms with Crippen molar-refractivity contribution in [3.8, 4) is 17.7 Å². The Balaban J connectivity index is 2.10. The molecule has 1 aromatic carbocycles. The van der Waals surface area contributed by atoms with Crippen LogP contribution in [-0.2, 0) is 12.6 Å². The monoisotopic (exact) mass is 454 g/mol. The van der Waals surface area contributed by atoms with Crippen molar-refractivity contribution in [1.29, 1.82) is 5.26 Å². The van der Waals surface area contributed by atoms with Crippen LogP contribution in [0.25, 0.3) is 0 Å². The zero-order chi connectivity index (χ0) is 22.5. The average molecular weight is 454 g/mol. The van der Waals surface area contributed by atoms with Crippen LogP contribution < -0.4 is 4.74 Å². The van der Waals surface area contributed by atoms with E-state index in [9.17, 15) is 39.9 Å². The first-order valence-electron chi connectivity index (χ1n) is 7.73. The highest BCUT2D eigenvalue weighted by atomic mass is 32.2. The predicted octanol–water partition coefficient (Wildman–Crippen LogP) is 5.75. The fraction of sp³-hybridized carbons (Fsp3) is 0.235. The van der Waals surface area contributed by atoms with Gasteiger partial charge in [-0.25, -0.2) is 4.98 Å². The van der Waals surface area contributed by atoms with Gasteiger partial charge in [0, 0.05) is 28.5 Å². The van der Waals surface area contributed by atoms with Crippen LogP contribution in [0.4, 0.5) is 35.1 Å². The zero-order valence-electron chi connectivity index (χ0n) is 14.2. The predicted molar refractivity (Wildman–Crippen MR) is 85.4 cm³/mol. The van der Waals surface area contributed by atoms with Crippen LogP contribution >= 0.6 is 11.8 Å². The van der Waals surface area contributed by atoms with Gasteiger partial charge in [-0.2, -0.15) is 40.4 Å². The molecule has 2 aromatic rings. The molecule has 1 aliphatic rings. The molecule has 0 bridgehead atoms. The summed E-state index contributed by atoms with van der Waals surface area (Å²) in [5, 5.41) is 8.83. The molecule has 0 radical (unpaired) electrons. The van der Waals surface area contributed by atoms with Gasteiger partial charge >= 0.3 is 17.6 Å². The van der Waals surface area contributed by atoms with Crippen LogP contribution in [0.15, 0.2) is 29.2 Å². The van der Waals surface area contributed by atoms with E-state index in [4.69, 9.17) is 10.00 Å². The van der Waals surface area contributed by atoms with E-state index in [0.717, 1.165) is 6.07 Å². The molecule has 0 amide bonds. The van der Waals surface area contributed by atoms with Gasteiger partial charge in [-0.3, -0.25) is 4.79 Å². The molecule has 1 aliphatic carbocycles. The maximum absolute atomic E-state index is 13.9. The van der Waals surface area contributed by atoms with Crippen molar-refractivity contribution in [3.05, 3.63) is 46.6 Å². The van der Waals surface area contributed by atoms with E-state index < -0.39 is 80.5 Å². The number of fused-ring (bicyclic) bond motifs is 1. The first kappa shape index (κ1) is 21.8. The van der Waals surface area contributed by atoms with Gasteiger partial charge in [0.15, 0.2) is 0 Å². The number of alkyl halides is 8. The SMILES string of the molecule is N#Cc1cc(C(F)(F)F)cc(Oc2ccc(SC(F)(F)F)c3c2CC(F)(F)C3=O)n1. The zero-order valence-corrected chi connectivity index (χ0v) is 15.0. The van der Waals surface area contributed by atoms with Crippen molar-refractivity contribution in [2.24, 2.45) is 0 Å². The molecule has 13 heteroatoms. The Morgan fingerprint density at radius 1 is 1.13 bits per heavy atom. The summed E-state index contributed by atoms with van der Waals surface area (Å²) in [6, 6.07) is 3.71. The highest BCUT2D eigenvalue weighted by Gasteiger charge is 2.50. The minimum atomic E-state index is -4.88. The van der Waals surface area contributed by atoms with E-state index in [-0.39, 0.29) is 0 Å². The topological polar surface area (TPSA) is 63.0 Å². The van der Waals surface area contributed by atoms with Gasteiger partial charge in [0.25, 0.3) is 0 Å². The summed E-state index contributed by atoms with van der Waals surface area (Å²) in [6.07, 6.45) is -6.18. The van der Waals surface area contributed by atoms with Gasteiger partial charge < -0.3 is 4.74 Å². The molecule has 30 heavy (non-hydrogen) atoms. The maximum atomic E-state index is 13.9. The quantitative estimate of drug-likeness (QED) is 0.437. The summed E-state index contributed by atoms with van der Waals surface area (Å²) in [6.45, 7) is 0. The Kier molecular flexibility index (Phi) is 5.18. The fourth-order valence-electron chi connectivity index (χ4n) is 2.71. The van der Waals surface area contributed by atoms with Crippen LogP contribution in [0.1, 0.15) is 27.2 Å². The van der Waals surface area contributed by atoms with Crippen molar-refractivity contribution < 1.29 is 44.7 Å². The molecule has 3 rings (SSSR count). The van der Waals surface area contributed by atoms with Gasteiger partial charge in [0.05, 0.1) is 5.56 Å². The van der Waals surface area contributed by atoms with Crippen LogP contribution in [0, 0.1) is 11.3 Å². The lowest BCUT2D eigenvalue weighted by Crippen LogP contribution is -2.24. The third-order valence-electron chi connectivity index (χ3n) is 3.87. The second-order valence-corrected chi connectivity index (χ2v) is 7.07. The van der Waals surface area contributed by atoms with Gasteiger partial charge in [-0.15, -0.1) is 0 Å². The van der Waals surface area contributed by atoms with Crippen molar-refractivity contribution in [2.75, 3.05) is 0 Å². The number of nitriles is 1. The summed E-state index contributed by atoms with van der Waals surface area (Å²) in [4.78, 5) is 14.6. The van der Waals surface area contributed by atoms with E-state index in [2.05, 4.69) is 4.98 Å². The van der Waals surface area contributed by atoms with Crippen LogP contribution in [0.2, 0.25) is 0 Å². The number of ether oxygens (including phenoxy) is 1. The summed E-state index contributed by atoms with van der Waals surface area (Å²) in [5.41, 5.74) is -8.41. The number of aromatic nitrogens is 1. The van der Waals surface area contributed by atoms with E-state index in [1.807, 2.05) is 0 Å². The fourth-order valence-corrected chi connectivity index (χ4v) is 3.42. The lowest BCUT2D eigenvalue weighted by molar-refractivity contribution is -0.137. The number of benzene rings is 1. The highest BCUT2D eigenvalue weighted by molar-refractivity contribution is 8.00. The number of halogens is 8. The number of nitrogens with zero attached hydrogens (tertiary/aromatic N) is 2. The molecular weight excluding hydrogens is 448 g/mol. The van der Waals surface area contributed by atoms with Crippen molar-refractivity contribution in [3.63, 3.8) is 0 Å². The molecule has 0 atom stereocenters. The first-order chi connectivity index (χ1) is 13.7. The lowest BCUT2D eigenvalue weighted by atomic mass is 10.1. The van der Waals surface area contributed by atoms with Crippen LogP contribution in [0.5, 0.6) is 11.6 Å². The molecule has 4 nitrogen and oxygen atoms in total. The smallest absolute Gasteiger partial charge is 0.439 e. The lowest BCUT2D eigenvalue weighted by Gasteiger charge is -2.14. The number of thioether (sulfide) groups is 1. The second-order valence-electron chi connectivity index (χ2n) is 5.96. The third-order valence-corrected chi connectivity index (χ3v) is 4.67. The summed E-state index contributed by atoms with van der Waals surface area (Å²) >= 11 is -0.780. The minimum Gasteiger partial charge on any atom is -0.439 e. The van der Waals surface area contributed by atoms with Crippen LogP contribution in [-0.4, -0.2) is 22.2 Å². The first-order valence-corrected chi connectivity index (χ1v) is 8.54. The summed E-state index contributed by atoms with van der Waals surface area (Å²) < 4.78 is 110. The Hall–Kier alpha value is -2.88. The van der Waals surface area contributed by atoms with E-state index >= 15 is 0 Å². The van der Waals surface area contributed by atoms with Crippen molar-refractivity contribution in [2.45, 2.75) is 28.9 Å². The Morgan fingerprint density at radius 2 is 1.80 bits per heavy atom. The van der Waals surface area contributed by atoms with Crippen molar-refractivity contribution >= 4 is 17.5 Å². The second kappa shape index (κ2) is 7.12. The van der Waals surface area contributed by atoms with E-state index in [0.29, 0.717) is 18.2 Å². The Labute approximate surface area is 166 Å².